The number of carbonyl (C=O) groups excluding carboxylic acids is 2. The molecule has 0 saturated heterocycles. The van der Waals surface area contributed by atoms with E-state index in [1.807, 2.05) is 18.2 Å². The second kappa shape index (κ2) is 7.93. The summed E-state index contributed by atoms with van der Waals surface area (Å²) in [5.74, 6) is 0.483. The first-order valence-corrected chi connectivity index (χ1v) is 7.12. The first-order valence-electron chi connectivity index (χ1n) is 6.14. The van der Waals surface area contributed by atoms with Crippen LogP contribution in [0.1, 0.15) is 37.0 Å². The number of unbranched alkanes of at least 4 members (excludes halogenated alkanes) is 1. The SMILES string of the molecule is CCCCNC(=O)CSc1cccc(C(C)=O)c1. The zero-order chi connectivity index (χ0) is 13.4. The molecular formula is C14H19NO2S. The maximum absolute atomic E-state index is 11.5. The Balaban J connectivity index is 2.41. The molecule has 4 heteroatoms. The summed E-state index contributed by atoms with van der Waals surface area (Å²) in [6.07, 6.45) is 2.09. The molecule has 1 aromatic rings. The number of hydrogen-bond donors (Lipinski definition) is 1. The zero-order valence-corrected chi connectivity index (χ0v) is 11.7. The van der Waals surface area contributed by atoms with Crippen molar-refractivity contribution < 1.29 is 9.59 Å². The van der Waals surface area contributed by atoms with E-state index in [0.717, 1.165) is 24.3 Å². The van der Waals surface area contributed by atoms with E-state index in [9.17, 15) is 9.59 Å². The number of rotatable bonds is 7. The van der Waals surface area contributed by atoms with Crippen molar-refractivity contribution >= 4 is 23.5 Å². The second-order valence-corrected chi connectivity index (χ2v) is 5.12. The third kappa shape index (κ3) is 5.36. The van der Waals surface area contributed by atoms with Crippen molar-refractivity contribution in [1.82, 2.24) is 5.32 Å². The van der Waals surface area contributed by atoms with Crippen LogP contribution in [0.5, 0.6) is 0 Å². The summed E-state index contributed by atoms with van der Waals surface area (Å²) in [5, 5.41) is 2.86. The van der Waals surface area contributed by atoms with E-state index in [0.29, 0.717) is 11.3 Å². The van der Waals surface area contributed by atoms with Gasteiger partial charge in [-0.2, -0.15) is 0 Å². The molecule has 0 unspecified atom stereocenters. The Labute approximate surface area is 112 Å². The Morgan fingerprint density at radius 3 is 2.78 bits per heavy atom. The molecule has 1 amide bonds. The van der Waals surface area contributed by atoms with E-state index in [-0.39, 0.29) is 11.7 Å². The molecule has 0 bridgehead atoms. The third-order valence-corrected chi connectivity index (χ3v) is 3.46. The highest BCUT2D eigenvalue weighted by Gasteiger charge is 2.04. The van der Waals surface area contributed by atoms with Crippen LogP contribution in [0, 0.1) is 0 Å². The highest BCUT2D eigenvalue weighted by molar-refractivity contribution is 8.00. The molecule has 0 aromatic heterocycles. The van der Waals surface area contributed by atoms with Gasteiger partial charge in [-0.1, -0.05) is 25.5 Å². The van der Waals surface area contributed by atoms with Crippen LogP contribution in [0.2, 0.25) is 0 Å². The van der Waals surface area contributed by atoms with Crippen LogP contribution in [0.4, 0.5) is 0 Å². The predicted octanol–water partition coefficient (Wildman–Crippen LogP) is 2.90. The lowest BCUT2D eigenvalue weighted by atomic mass is 10.2. The van der Waals surface area contributed by atoms with Gasteiger partial charge in [-0.05, 0) is 25.5 Å². The molecular weight excluding hydrogens is 246 g/mol. The van der Waals surface area contributed by atoms with Crippen LogP contribution in [0.15, 0.2) is 29.2 Å². The number of nitrogens with one attached hydrogen (secondary N) is 1. The normalized spacial score (nSPS) is 10.1. The lowest BCUT2D eigenvalue weighted by Gasteiger charge is -2.05. The summed E-state index contributed by atoms with van der Waals surface area (Å²) in [5.41, 5.74) is 0.686. The van der Waals surface area contributed by atoms with Gasteiger partial charge in [-0.15, -0.1) is 11.8 Å². The summed E-state index contributed by atoms with van der Waals surface area (Å²) < 4.78 is 0. The van der Waals surface area contributed by atoms with E-state index < -0.39 is 0 Å². The average molecular weight is 265 g/mol. The van der Waals surface area contributed by atoms with Gasteiger partial charge in [0.1, 0.15) is 0 Å². The highest BCUT2D eigenvalue weighted by atomic mass is 32.2. The first-order chi connectivity index (χ1) is 8.63. The van der Waals surface area contributed by atoms with Crippen molar-refractivity contribution in [3.05, 3.63) is 29.8 Å². The Bertz CT molecular complexity index is 418. The van der Waals surface area contributed by atoms with Gasteiger partial charge in [0.25, 0.3) is 0 Å². The first kappa shape index (κ1) is 14.8. The molecule has 0 aliphatic carbocycles. The van der Waals surface area contributed by atoms with E-state index >= 15 is 0 Å². The van der Waals surface area contributed by atoms with E-state index in [1.54, 1.807) is 13.0 Å². The Morgan fingerprint density at radius 2 is 2.11 bits per heavy atom. The third-order valence-electron chi connectivity index (χ3n) is 2.46. The number of hydrogen-bond acceptors (Lipinski definition) is 3. The summed E-state index contributed by atoms with van der Waals surface area (Å²) in [4.78, 5) is 23.7. The summed E-state index contributed by atoms with van der Waals surface area (Å²) in [7, 11) is 0. The molecule has 1 rings (SSSR count). The molecule has 0 radical (unpaired) electrons. The van der Waals surface area contributed by atoms with Gasteiger partial charge in [0.05, 0.1) is 5.75 Å². The maximum atomic E-state index is 11.5. The van der Waals surface area contributed by atoms with Gasteiger partial charge in [-0.25, -0.2) is 0 Å². The number of ketones is 1. The minimum atomic E-state index is 0.0432. The number of thioether (sulfide) groups is 1. The minimum Gasteiger partial charge on any atom is -0.355 e. The predicted molar refractivity (Wildman–Crippen MR) is 75.1 cm³/mol. The van der Waals surface area contributed by atoms with Gasteiger partial charge in [0.15, 0.2) is 5.78 Å². The van der Waals surface area contributed by atoms with Crippen LogP contribution in [0.3, 0.4) is 0 Å². The maximum Gasteiger partial charge on any atom is 0.230 e. The summed E-state index contributed by atoms with van der Waals surface area (Å²) in [6.45, 7) is 4.37. The van der Waals surface area contributed by atoms with Crippen molar-refractivity contribution in [2.24, 2.45) is 0 Å². The molecule has 0 saturated carbocycles. The molecule has 3 nitrogen and oxygen atoms in total. The van der Waals surface area contributed by atoms with Crippen molar-refractivity contribution in [2.75, 3.05) is 12.3 Å². The fraction of sp³-hybridized carbons (Fsp3) is 0.429. The molecule has 98 valence electrons. The van der Waals surface area contributed by atoms with Crippen LogP contribution in [-0.2, 0) is 4.79 Å². The second-order valence-electron chi connectivity index (χ2n) is 4.08. The van der Waals surface area contributed by atoms with Crippen molar-refractivity contribution in [2.45, 2.75) is 31.6 Å². The number of benzene rings is 1. The molecule has 1 N–H and O–H groups in total. The van der Waals surface area contributed by atoms with Crippen LogP contribution in [-0.4, -0.2) is 24.0 Å². The van der Waals surface area contributed by atoms with Gasteiger partial charge >= 0.3 is 0 Å². The molecule has 0 heterocycles. The van der Waals surface area contributed by atoms with E-state index in [1.165, 1.54) is 11.8 Å². The highest BCUT2D eigenvalue weighted by Crippen LogP contribution is 2.19. The summed E-state index contributed by atoms with van der Waals surface area (Å²) in [6, 6.07) is 7.37. The number of Topliss-reactive ketones (excluding diaryl/α,β-unsaturated/α-hetero) is 1. The lowest BCUT2D eigenvalue weighted by molar-refractivity contribution is -0.118. The smallest absolute Gasteiger partial charge is 0.230 e. The Kier molecular flexibility index (Phi) is 6.50. The largest absolute Gasteiger partial charge is 0.355 e. The van der Waals surface area contributed by atoms with Crippen molar-refractivity contribution in [3.63, 3.8) is 0 Å². The molecule has 0 aliphatic rings. The van der Waals surface area contributed by atoms with Crippen LogP contribution in [0.25, 0.3) is 0 Å². The van der Waals surface area contributed by atoms with Gasteiger partial charge in [0.2, 0.25) is 5.91 Å². The fourth-order valence-corrected chi connectivity index (χ4v) is 2.19. The Hall–Kier alpha value is -1.29. The molecule has 1 aromatic carbocycles. The van der Waals surface area contributed by atoms with Crippen LogP contribution >= 0.6 is 11.8 Å². The van der Waals surface area contributed by atoms with Gasteiger partial charge < -0.3 is 5.32 Å². The average Bonchev–Trinajstić information content (AvgIpc) is 2.37. The topological polar surface area (TPSA) is 46.2 Å². The van der Waals surface area contributed by atoms with Crippen molar-refractivity contribution in [3.8, 4) is 0 Å². The zero-order valence-electron chi connectivity index (χ0n) is 10.9. The van der Waals surface area contributed by atoms with Crippen LogP contribution < -0.4 is 5.32 Å². The Morgan fingerprint density at radius 1 is 1.33 bits per heavy atom. The van der Waals surface area contributed by atoms with Crippen molar-refractivity contribution in [1.29, 1.82) is 0 Å². The van der Waals surface area contributed by atoms with Gasteiger partial charge in [0, 0.05) is 17.0 Å². The molecule has 0 spiro atoms. The number of amides is 1. The summed E-state index contributed by atoms with van der Waals surface area (Å²) >= 11 is 1.45. The number of carbonyl (C=O) groups is 2. The van der Waals surface area contributed by atoms with Gasteiger partial charge in [-0.3, -0.25) is 9.59 Å². The van der Waals surface area contributed by atoms with E-state index in [2.05, 4.69) is 12.2 Å². The monoisotopic (exact) mass is 265 g/mol. The molecule has 0 fully saturated rings. The lowest BCUT2D eigenvalue weighted by Crippen LogP contribution is -2.25. The quantitative estimate of drug-likeness (QED) is 0.468. The fourth-order valence-electron chi connectivity index (χ4n) is 1.41. The molecule has 18 heavy (non-hydrogen) atoms. The molecule has 0 atom stereocenters. The van der Waals surface area contributed by atoms with E-state index in [4.69, 9.17) is 0 Å². The molecule has 0 aliphatic heterocycles. The standard InChI is InChI=1S/C14H19NO2S/c1-3-4-8-15-14(17)10-18-13-7-5-6-12(9-13)11(2)16/h5-7,9H,3-4,8,10H2,1-2H3,(H,15,17). The minimum absolute atomic E-state index is 0.0432.